The zero-order chi connectivity index (χ0) is 16.5. The summed E-state index contributed by atoms with van der Waals surface area (Å²) in [5, 5.41) is 12.8. The maximum Gasteiger partial charge on any atom is 0.412 e. The Labute approximate surface area is 134 Å². The number of hydrogen-bond acceptors (Lipinski definition) is 7. The lowest BCUT2D eigenvalue weighted by Crippen LogP contribution is -2.41. The highest BCUT2D eigenvalue weighted by molar-refractivity contribution is 5.83. The van der Waals surface area contributed by atoms with Crippen LogP contribution in [0.25, 0.3) is 0 Å². The number of anilines is 1. The average Bonchev–Trinajstić information content (AvgIpc) is 2.95. The van der Waals surface area contributed by atoms with Crippen LogP contribution in [0.1, 0.15) is 6.92 Å². The average molecular weight is 326 g/mol. The van der Waals surface area contributed by atoms with Crippen molar-refractivity contribution < 1.29 is 19.1 Å². The van der Waals surface area contributed by atoms with E-state index in [0.717, 1.165) is 32.8 Å². The van der Waals surface area contributed by atoms with E-state index in [4.69, 9.17) is 9.47 Å². The van der Waals surface area contributed by atoms with Crippen molar-refractivity contribution in [3.63, 3.8) is 0 Å². The molecule has 2 rings (SSSR count). The number of nitrogens with zero attached hydrogens (tertiary/aromatic N) is 4. The maximum absolute atomic E-state index is 11.8. The fraction of sp³-hybridized carbons (Fsp3) is 0.692. The van der Waals surface area contributed by atoms with Crippen LogP contribution in [0.3, 0.4) is 0 Å². The number of carbonyl (C=O) groups excluding carboxylic acids is 2. The molecule has 10 heteroatoms. The molecule has 128 valence electrons. The largest absolute Gasteiger partial charge is 0.450 e. The van der Waals surface area contributed by atoms with E-state index in [-0.39, 0.29) is 24.9 Å². The quantitative estimate of drug-likeness (QED) is 0.681. The van der Waals surface area contributed by atoms with Gasteiger partial charge in [0, 0.05) is 26.2 Å². The van der Waals surface area contributed by atoms with E-state index in [0.29, 0.717) is 6.54 Å². The van der Waals surface area contributed by atoms with Gasteiger partial charge in [-0.2, -0.15) is 0 Å². The molecule has 1 saturated heterocycles. The van der Waals surface area contributed by atoms with E-state index < -0.39 is 6.09 Å². The van der Waals surface area contributed by atoms with Gasteiger partial charge in [0.2, 0.25) is 5.91 Å². The minimum atomic E-state index is -0.602. The van der Waals surface area contributed by atoms with E-state index in [1.54, 1.807) is 6.92 Å². The first-order chi connectivity index (χ1) is 11.2. The zero-order valence-electron chi connectivity index (χ0n) is 13.2. The summed E-state index contributed by atoms with van der Waals surface area (Å²) in [4.78, 5) is 25.3. The van der Waals surface area contributed by atoms with Crippen LogP contribution < -0.4 is 10.6 Å². The molecule has 0 unspecified atom stereocenters. The lowest BCUT2D eigenvalue weighted by atomic mass is 10.4. The fourth-order valence-electron chi connectivity index (χ4n) is 2.09. The molecule has 1 aliphatic rings. The summed E-state index contributed by atoms with van der Waals surface area (Å²) in [6.45, 7) is 6.64. The van der Waals surface area contributed by atoms with Crippen LogP contribution in [0.4, 0.5) is 10.6 Å². The lowest BCUT2D eigenvalue weighted by Gasteiger charge is -2.26. The Bertz CT molecular complexity index is 514. The molecule has 2 amide bonds. The molecule has 1 aromatic heterocycles. The van der Waals surface area contributed by atoms with Gasteiger partial charge in [0.05, 0.1) is 26.0 Å². The van der Waals surface area contributed by atoms with Gasteiger partial charge >= 0.3 is 6.09 Å². The SMILES string of the molecule is CCOC(=O)Nc1cn(CC(=O)NCCN2CCOCC2)nn1. The van der Waals surface area contributed by atoms with E-state index in [1.165, 1.54) is 10.9 Å². The second kappa shape index (κ2) is 9.06. The highest BCUT2D eigenvalue weighted by Crippen LogP contribution is 2.00. The number of nitrogens with one attached hydrogen (secondary N) is 2. The summed E-state index contributed by atoms with van der Waals surface area (Å²) in [7, 11) is 0. The van der Waals surface area contributed by atoms with E-state index in [2.05, 4.69) is 25.8 Å². The van der Waals surface area contributed by atoms with Gasteiger partial charge in [-0.25, -0.2) is 9.48 Å². The summed E-state index contributed by atoms with van der Waals surface area (Å²) in [6, 6.07) is 0. The Hall–Kier alpha value is -2.20. The second-order valence-electron chi connectivity index (χ2n) is 4.95. The van der Waals surface area contributed by atoms with Gasteiger partial charge in [0.15, 0.2) is 5.82 Å². The number of amides is 2. The molecule has 0 radical (unpaired) electrons. The third-order valence-corrected chi connectivity index (χ3v) is 3.20. The minimum absolute atomic E-state index is 0.0423. The molecule has 2 N–H and O–H groups in total. The first-order valence-electron chi connectivity index (χ1n) is 7.58. The van der Waals surface area contributed by atoms with Crippen molar-refractivity contribution in [1.82, 2.24) is 25.2 Å². The van der Waals surface area contributed by atoms with Gasteiger partial charge in [-0.15, -0.1) is 5.10 Å². The molecule has 0 saturated carbocycles. The number of ether oxygens (including phenoxy) is 2. The molecular formula is C13H22N6O4. The van der Waals surface area contributed by atoms with E-state index >= 15 is 0 Å². The monoisotopic (exact) mass is 326 g/mol. The van der Waals surface area contributed by atoms with Gasteiger partial charge in [0.25, 0.3) is 0 Å². The van der Waals surface area contributed by atoms with Crippen LogP contribution in [-0.2, 0) is 20.8 Å². The van der Waals surface area contributed by atoms with Crippen molar-refractivity contribution in [3.05, 3.63) is 6.20 Å². The summed E-state index contributed by atoms with van der Waals surface area (Å²) in [5.74, 6) is 0.0791. The lowest BCUT2D eigenvalue weighted by molar-refractivity contribution is -0.121. The third kappa shape index (κ3) is 6.20. The summed E-state index contributed by atoms with van der Waals surface area (Å²) in [6.07, 6.45) is 0.868. The van der Waals surface area contributed by atoms with Crippen LogP contribution in [0.5, 0.6) is 0 Å². The van der Waals surface area contributed by atoms with Crippen molar-refractivity contribution in [2.45, 2.75) is 13.5 Å². The Balaban J connectivity index is 1.66. The van der Waals surface area contributed by atoms with Gasteiger partial charge in [-0.1, -0.05) is 5.21 Å². The number of hydrogen-bond donors (Lipinski definition) is 2. The summed E-state index contributed by atoms with van der Waals surface area (Å²) in [5.41, 5.74) is 0. The first kappa shape index (κ1) is 17.2. The molecule has 0 aromatic carbocycles. The van der Waals surface area contributed by atoms with Crippen molar-refractivity contribution >= 4 is 17.8 Å². The number of rotatable bonds is 7. The smallest absolute Gasteiger partial charge is 0.412 e. The topological polar surface area (TPSA) is 111 Å². The molecule has 23 heavy (non-hydrogen) atoms. The Morgan fingerprint density at radius 3 is 2.91 bits per heavy atom. The first-order valence-corrected chi connectivity index (χ1v) is 7.58. The molecule has 0 aliphatic carbocycles. The zero-order valence-corrected chi connectivity index (χ0v) is 13.2. The van der Waals surface area contributed by atoms with Crippen molar-refractivity contribution in [1.29, 1.82) is 0 Å². The van der Waals surface area contributed by atoms with Gasteiger partial charge in [0.1, 0.15) is 6.54 Å². The van der Waals surface area contributed by atoms with Crippen LogP contribution >= 0.6 is 0 Å². The van der Waals surface area contributed by atoms with Crippen LogP contribution in [-0.4, -0.2) is 77.9 Å². The van der Waals surface area contributed by atoms with Crippen LogP contribution in [0.15, 0.2) is 6.20 Å². The standard InChI is InChI=1S/C13H22N6O4/c1-2-23-13(21)15-11-9-19(17-16-11)10-12(20)14-3-4-18-5-7-22-8-6-18/h9H,2-8,10H2,1H3,(H,14,20)(H,15,21). The highest BCUT2D eigenvalue weighted by Gasteiger charge is 2.11. The molecule has 0 bridgehead atoms. The van der Waals surface area contributed by atoms with Crippen molar-refractivity contribution in [3.8, 4) is 0 Å². The normalized spacial score (nSPS) is 15.2. The molecule has 1 aromatic rings. The Morgan fingerprint density at radius 2 is 2.17 bits per heavy atom. The van der Waals surface area contributed by atoms with Crippen LogP contribution in [0.2, 0.25) is 0 Å². The fourth-order valence-corrected chi connectivity index (χ4v) is 2.09. The van der Waals surface area contributed by atoms with E-state index in [9.17, 15) is 9.59 Å². The molecule has 1 aliphatic heterocycles. The Kier molecular flexibility index (Phi) is 6.76. The summed E-state index contributed by atoms with van der Waals surface area (Å²) >= 11 is 0. The van der Waals surface area contributed by atoms with Gasteiger partial charge < -0.3 is 14.8 Å². The molecule has 2 heterocycles. The molecule has 1 fully saturated rings. The number of morpholine rings is 1. The molecule has 0 spiro atoms. The highest BCUT2D eigenvalue weighted by atomic mass is 16.5. The molecular weight excluding hydrogens is 304 g/mol. The third-order valence-electron chi connectivity index (χ3n) is 3.20. The van der Waals surface area contributed by atoms with Gasteiger partial charge in [-0.05, 0) is 6.92 Å². The number of carbonyl (C=O) groups is 2. The predicted octanol–water partition coefficient (Wildman–Crippen LogP) is -0.705. The predicted molar refractivity (Wildman–Crippen MR) is 80.9 cm³/mol. The summed E-state index contributed by atoms with van der Waals surface area (Å²) < 4.78 is 11.3. The molecule has 10 nitrogen and oxygen atoms in total. The molecule has 0 atom stereocenters. The van der Waals surface area contributed by atoms with E-state index in [1.807, 2.05) is 0 Å². The second-order valence-corrected chi connectivity index (χ2v) is 4.95. The Morgan fingerprint density at radius 1 is 1.39 bits per heavy atom. The van der Waals surface area contributed by atoms with Crippen LogP contribution in [0, 0.1) is 0 Å². The maximum atomic E-state index is 11.8. The van der Waals surface area contributed by atoms with Crippen molar-refractivity contribution in [2.24, 2.45) is 0 Å². The van der Waals surface area contributed by atoms with Crippen molar-refractivity contribution in [2.75, 3.05) is 51.3 Å². The minimum Gasteiger partial charge on any atom is -0.450 e. The van der Waals surface area contributed by atoms with Gasteiger partial charge in [-0.3, -0.25) is 15.0 Å². The number of aromatic nitrogens is 3.